The average molecular weight is 209 g/mol. The molecule has 15 heavy (non-hydrogen) atoms. The van der Waals surface area contributed by atoms with E-state index in [0.717, 1.165) is 11.3 Å². The van der Waals surface area contributed by atoms with Crippen molar-refractivity contribution in [2.24, 2.45) is 5.73 Å². The quantitative estimate of drug-likeness (QED) is 0.826. The maximum Gasteiger partial charge on any atom is 0.217 e. The number of primary amides is 1. The highest BCUT2D eigenvalue weighted by Crippen LogP contribution is 2.12. The Hall–Kier alpha value is -1.51. The molecule has 0 aliphatic rings. The van der Waals surface area contributed by atoms with Crippen molar-refractivity contribution < 1.29 is 9.53 Å². The summed E-state index contributed by atoms with van der Waals surface area (Å²) < 4.78 is 5.00. The van der Waals surface area contributed by atoms with Crippen molar-refractivity contribution in [3.05, 3.63) is 29.8 Å². The van der Waals surface area contributed by atoms with Crippen LogP contribution in [0.25, 0.3) is 0 Å². The highest BCUT2D eigenvalue weighted by atomic mass is 16.5. The van der Waals surface area contributed by atoms with Crippen molar-refractivity contribution in [1.29, 1.82) is 0 Å². The zero-order valence-corrected chi connectivity index (χ0v) is 9.62. The van der Waals surface area contributed by atoms with Crippen LogP contribution in [-0.4, -0.2) is 13.0 Å². The molecule has 0 heterocycles. The predicted molar refractivity (Wildman–Crippen MR) is 61.9 cm³/mol. The number of ether oxygens (including phenoxy) is 1. The highest BCUT2D eigenvalue weighted by Gasteiger charge is 1.97. The van der Waals surface area contributed by atoms with E-state index in [1.165, 1.54) is 0 Å². The van der Waals surface area contributed by atoms with Crippen LogP contribution in [0.5, 0.6) is 5.75 Å². The van der Waals surface area contributed by atoms with E-state index in [9.17, 15) is 4.79 Å². The number of rotatable bonds is 4. The molecule has 0 atom stereocenters. The van der Waals surface area contributed by atoms with Crippen LogP contribution >= 0.6 is 0 Å². The van der Waals surface area contributed by atoms with E-state index in [2.05, 4.69) is 0 Å². The first-order chi connectivity index (χ1) is 7.22. The van der Waals surface area contributed by atoms with E-state index in [-0.39, 0.29) is 5.91 Å². The van der Waals surface area contributed by atoms with Crippen molar-refractivity contribution in [2.45, 2.75) is 26.7 Å². The lowest BCUT2D eigenvalue weighted by molar-refractivity contribution is -0.117. The molecule has 1 amide bonds. The van der Waals surface area contributed by atoms with Crippen molar-refractivity contribution in [2.75, 3.05) is 7.11 Å². The lowest BCUT2D eigenvalue weighted by atomic mass is 10.1. The molecule has 0 radical (unpaired) electrons. The van der Waals surface area contributed by atoms with Crippen LogP contribution < -0.4 is 10.5 Å². The van der Waals surface area contributed by atoms with Gasteiger partial charge in [0.15, 0.2) is 0 Å². The molecule has 0 aromatic heterocycles. The molecular weight excluding hydrogens is 190 g/mol. The van der Waals surface area contributed by atoms with Gasteiger partial charge < -0.3 is 10.5 Å². The molecule has 0 fully saturated rings. The van der Waals surface area contributed by atoms with Crippen LogP contribution in [0.2, 0.25) is 0 Å². The standard InChI is InChI=1S/C10H13NO2.C2H6/c1-13-9-5-2-8(3-6-9)4-7-10(11)12;1-2/h2-3,5-6H,4,7H2,1H3,(H2,11,12);1-2H3. The van der Waals surface area contributed by atoms with Crippen LogP contribution in [0.1, 0.15) is 25.8 Å². The Morgan fingerprint density at radius 2 is 1.80 bits per heavy atom. The molecule has 84 valence electrons. The molecule has 3 heteroatoms. The molecule has 0 saturated heterocycles. The summed E-state index contributed by atoms with van der Waals surface area (Å²) in [6, 6.07) is 7.61. The van der Waals surface area contributed by atoms with Gasteiger partial charge in [0.1, 0.15) is 5.75 Å². The summed E-state index contributed by atoms with van der Waals surface area (Å²) >= 11 is 0. The van der Waals surface area contributed by atoms with E-state index in [0.29, 0.717) is 12.8 Å². The predicted octanol–water partition coefficient (Wildman–Crippen LogP) is 2.14. The summed E-state index contributed by atoms with van der Waals surface area (Å²) in [6.45, 7) is 4.00. The van der Waals surface area contributed by atoms with Gasteiger partial charge in [-0.15, -0.1) is 0 Å². The highest BCUT2D eigenvalue weighted by molar-refractivity contribution is 5.73. The molecule has 0 aliphatic carbocycles. The fraction of sp³-hybridized carbons (Fsp3) is 0.417. The van der Waals surface area contributed by atoms with Crippen LogP contribution in [0, 0.1) is 0 Å². The van der Waals surface area contributed by atoms with E-state index < -0.39 is 0 Å². The SMILES string of the molecule is CC.COc1ccc(CCC(N)=O)cc1. The van der Waals surface area contributed by atoms with Crippen LogP contribution in [-0.2, 0) is 11.2 Å². The molecular formula is C12H19NO2. The maximum atomic E-state index is 10.5. The summed E-state index contributed by atoms with van der Waals surface area (Å²) in [4.78, 5) is 10.5. The van der Waals surface area contributed by atoms with Gasteiger partial charge in [-0.05, 0) is 24.1 Å². The Kier molecular flexibility index (Phi) is 7.06. The molecule has 1 aromatic rings. The zero-order valence-electron chi connectivity index (χ0n) is 9.62. The first kappa shape index (κ1) is 13.5. The molecule has 0 bridgehead atoms. The number of amides is 1. The minimum atomic E-state index is -0.268. The Morgan fingerprint density at radius 3 is 2.20 bits per heavy atom. The number of hydrogen-bond acceptors (Lipinski definition) is 2. The van der Waals surface area contributed by atoms with Crippen LogP contribution in [0.3, 0.4) is 0 Å². The lowest BCUT2D eigenvalue weighted by Gasteiger charge is -2.01. The topological polar surface area (TPSA) is 52.3 Å². The number of methoxy groups -OCH3 is 1. The Bertz CT molecular complexity index is 280. The number of hydrogen-bond donors (Lipinski definition) is 1. The van der Waals surface area contributed by atoms with Crippen molar-refractivity contribution in [3.63, 3.8) is 0 Å². The summed E-state index contributed by atoms with van der Waals surface area (Å²) in [5.74, 6) is 0.554. The minimum absolute atomic E-state index is 0.268. The third kappa shape index (κ3) is 5.73. The molecule has 3 nitrogen and oxygen atoms in total. The van der Waals surface area contributed by atoms with Gasteiger partial charge in [0.25, 0.3) is 0 Å². The van der Waals surface area contributed by atoms with Gasteiger partial charge in [0.2, 0.25) is 5.91 Å². The van der Waals surface area contributed by atoms with Gasteiger partial charge in [-0.3, -0.25) is 4.79 Å². The van der Waals surface area contributed by atoms with E-state index >= 15 is 0 Å². The van der Waals surface area contributed by atoms with Gasteiger partial charge >= 0.3 is 0 Å². The van der Waals surface area contributed by atoms with E-state index in [4.69, 9.17) is 10.5 Å². The third-order valence-corrected chi connectivity index (χ3v) is 1.82. The Morgan fingerprint density at radius 1 is 1.27 bits per heavy atom. The summed E-state index contributed by atoms with van der Waals surface area (Å²) in [6.07, 6.45) is 1.09. The number of aryl methyl sites for hydroxylation is 1. The average Bonchev–Trinajstić information content (AvgIpc) is 2.30. The summed E-state index contributed by atoms with van der Waals surface area (Å²) in [5, 5.41) is 0. The monoisotopic (exact) mass is 209 g/mol. The first-order valence-electron chi connectivity index (χ1n) is 5.13. The molecule has 2 N–H and O–H groups in total. The van der Waals surface area contributed by atoms with Crippen molar-refractivity contribution in [1.82, 2.24) is 0 Å². The maximum absolute atomic E-state index is 10.5. The molecule has 1 aromatic carbocycles. The first-order valence-corrected chi connectivity index (χ1v) is 5.13. The summed E-state index contributed by atoms with van der Waals surface area (Å²) in [7, 11) is 1.62. The smallest absolute Gasteiger partial charge is 0.217 e. The van der Waals surface area contributed by atoms with Gasteiger partial charge in [0, 0.05) is 6.42 Å². The van der Waals surface area contributed by atoms with E-state index in [1.807, 2.05) is 38.1 Å². The fourth-order valence-electron chi connectivity index (χ4n) is 1.06. The normalized spacial score (nSPS) is 8.73. The number of carbonyl (C=O) groups is 1. The second-order valence-electron chi connectivity index (χ2n) is 2.81. The van der Waals surface area contributed by atoms with Gasteiger partial charge in [-0.1, -0.05) is 26.0 Å². The molecule has 0 saturated carbocycles. The molecule has 0 spiro atoms. The molecule has 1 rings (SSSR count). The largest absolute Gasteiger partial charge is 0.497 e. The van der Waals surface area contributed by atoms with Crippen LogP contribution in [0.4, 0.5) is 0 Å². The number of nitrogens with two attached hydrogens (primary N) is 1. The van der Waals surface area contributed by atoms with Gasteiger partial charge in [-0.2, -0.15) is 0 Å². The number of carbonyl (C=O) groups excluding carboxylic acids is 1. The summed E-state index contributed by atoms with van der Waals surface area (Å²) in [5.41, 5.74) is 6.13. The molecule has 0 aliphatic heterocycles. The molecule has 0 unspecified atom stereocenters. The zero-order chi connectivity index (χ0) is 11.7. The minimum Gasteiger partial charge on any atom is -0.497 e. The van der Waals surface area contributed by atoms with Gasteiger partial charge in [-0.25, -0.2) is 0 Å². The number of benzene rings is 1. The second kappa shape index (κ2) is 7.85. The van der Waals surface area contributed by atoms with Crippen molar-refractivity contribution in [3.8, 4) is 5.75 Å². The van der Waals surface area contributed by atoms with Crippen LogP contribution in [0.15, 0.2) is 24.3 Å². The lowest BCUT2D eigenvalue weighted by Crippen LogP contribution is -2.11. The Labute approximate surface area is 91.2 Å². The Balaban J connectivity index is 0.000000921. The van der Waals surface area contributed by atoms with E-state index in [1.54, 1.807) is 7.11 Å². The van der Waals surface area contributed by atoms with Crippen molar-refractivity contribution >= 4 is 5.91 Å². The fourth-order valence-corrected chi connectivity index (χ4v) is 1.06. The second-order valence-corrected chi connectivity index (χ2v) is 2.81. The third-order valence-electron chi connectivity index (χ3n) is 1.82. The van der Waals surface area contributed by atoms with Gasteiger partial charge in [0.05, 0.1) is 7.11 Å².